The monoisotopic (exact) mass is 299 g/mol. The minimum Gasteiger partial charge on any atom is -0.383 e. The maximum absolute atomic E-state index is 12.5. The molecule has 5 heteroatoms. The van der Waals surface area contributed by atoms with E-state index in [1.165, 1.54) is 0 Å². The molecule has 1 aliphatic heterocycles. The molecule has 1 fully saturated rings. The lowest BCUT2D eigenvalue weighted by Crippen LogP contribution is -2.42. The Morgan fingerprint density at radius 2 is 2.00 bits per heavy atom. The van der Waals surface area contributed by atoms with Crippen molar-refractivity contribution in [3.8, 4) is 0 Å². The maximum atomic E-state index is 12.5. The van der Waals surface area contributed by atoms with Crippen LogP contribution < -0.4 is 5.32 Å². The summed E-state index contributed by atoms with van der Waals surface area (Å²) in [5.41, 5.74) is 0. The second-order valence-electron chi connectivity index (χ2n) is 5.99. The molecule has 0 spiro atoms. The predicted octanol–water partition coefficient (Wildman–Crippen LogP) is 1.68. The predicted molar refractivity (Wildman–Crippen MR) is 86.2 cm³/mol. The molecule has 1 aliphatic rings. The van der Waals surface area contributed by atoms with Gasteiger partial charge in [0.05, 0.1) is 18.8 Å². The minimum absolute atomic E-state index is 0.0331. The van der Waals surface area contributed by atoms with Crippen LogP contribution in [0.15, 0.2) is 0 Å². The molecular formula is C16H33N3O2. The third-order valence-corrected chi connectivity index (χ3v) is 4.16. The summed E-state index contributed by atoms with van der Waals surface area (Å²) >= 11 is 0. The average molecular weight is 299 g/mol. The van der Waals surface area contributed by atoms with Gasteiger partial charge in [-0.2, -0.15) is 0 Å². The molecule has 124 valence electrons. The molecule has 2 unspecified atom stereocenters. The van der Waals surface area contributed by atoms with Crippen LogP contribution >= 0.6 is 0 Å². The van der Waals surface area contributed by atoms with Gasteiger partial charge in [-0.1, -0.05) is 33.1 Å². The molecule has 0 aliphatic carbocycles. The highest BCUT2D eigenvalue weighted by Crippen LogP contribution is 2.18. The number of nitrogens with one attached hydrogen (secondary N) is 1. The first-order valence-electron chi connectivity index (χ1n) is 8.38. The van der Waals surface area contributed by atoms with Gasteiger partial charge in [-0.3, -0.25) is 10.1 Å². The second kappa shape index (κ2) is 10.1. The number of methoxy groups -OCH3 is 1. The molecule has 1 amide bonds. The Balaban J connectivity index is 2.49. The number of unbranched alkanes of at least 4 members (excludes halogenated alkanes) is 1. The lowest BCUT2D eigenvalue weighted by molar-refractivity contribution is -0.130. The van der Waals surface area contributed by atoms with E-state index in [0.29, 0.717) is 5.91 Å². The largest absolute Gasteiger partial charge is 0.383 e. The van der Waals surface area contributed by atoms with Gasteiger partial charge in [0, 0.05) is 26.7 Å². The molecule has 0 aromatic carbocycles. The van der Waals surface area contributed by atoms with Crippen molar-refractivity contribution in [1.82, 2.24) is 15.1 Å². The van der Waals surface area contributed by atoms with E-state index in [0.717, 1.165) is 58.3 Å². The van der Waals surface area contributed by atoms with Gasteiger partial charge in [-0.15, -0.1) is 0 Å². The fraction of sp³-hybridized carbons (Fsp3) is 0.938. The van der Waals surface area contributed by atoms with Crippen LogP contribution in [0.25, 0.3) is 0 Å². The molecule has 1 heterocycles. The van der Waals surface area contributed by atoms with E-state index in [-0.39, 0.29) is 12.2 Å². The van der Waals surface area contributed by atoms with Gasteiger partial charge in [0.15, 0.2) is 0 Å². The fourth-order valence-electron chi connectivity index (χ4n) is 2.78. The Bertz CT molecular complexity index is 299. The molecule has 0 bridgehead atoms. The molecule has 1 rings (SSSR count). The van der Waals surface area contributed by atoms with E-state index in [9.17, 15) is 4.79 Å². The molecule has 1 saturated heterocycles. The van der Waals surface area contributed by atoms with Crippen molar-refractivity contribution in [2.24, 2.45) is 0 Å². The molecule has 5 nitrogen and oxygen atoms in total. The van der Waals surface area contributed by atoms with Crippen molar-refractivity contribution in [3.05, 3.63) is 0 Å². The van der Waals surface area contributed by atoms with Crippen LogP contribution in [-0.2, 0) is 9.53 Å². The van der Waals surface area contributed by atoms with Crippen LogP contribution in [0.4, 0.5) is 0 Å². The number of likely N-dealkylation sites (N-methyl/N-ethyl adjacent to an activating group) is 1. The van der Waals surface area contributed by atoms with Gasteiger partial charge in [-0.25, -0.2) is 0 Å². The van der Waals surface area contributed by atoms with Crippen LogP contribution in [0, 0.1) is 0 Å². The average Bonchev–Trinajstić information content (AvgIpc) is 2.77. The topological polar surface area (TPSA) is 44.8 Å². The van der Waals surface area contributed by atoms with Crippen LogP contribution in [0.5, 0.6) is 0 Å². The third kappa shape index (κ3) is 5.93. The van der Waals surface area contributed by atoms with E-state index >= 15 is 0 Å². The van der Waals surface area contributed by atoms with Gasteiger partial charge in [0.2, 0.25) is 5.91 Å². The zero-order valence-corrected chi connectivity index (χ0v) is 14.2. The van der Waals surface area contributed by atoms with E-state index < -0.39 is 0 Å². The molecule has 2 atom stereocenters. The lowest BCUT2D eigenvalue weighted by Gasteiger charge is -2.26. The van der Waals surface area contributed by atoms with Gasteiger partial charge < -0.3 is 14.5 Å². The van der Waals surface area contributed by atoms with Gasteiger partial charge >= 0.3 is 0 Å². The smallest absolute Gasteiger partial charge is 0.241 e. The number of amides is 1. The summed E-state index contributed by atoms with van der Waals surface area (Å²) in [4.78, 5) is 16.8. The highest BCUT2D eigenvalue weighted by molar-refractivity contribution is 5.84. The SMILES string of the molecule is CCCCC1NC(CCC)N(CCN(C)CCOC)C1=O. The molecule has 0 aromatic heterocycles. The number of hydrogen-bond acceptors (Lipinski definition) is 4. The minimum atomic E-state index is 0.0331. The summed E-state index contributed by atoms with van der Waals surface area (Å²) < 4.78 is 5.09. The zero-order chi connectivity index (χ0) is 15.7. The summed E-state index contributed by atoms with van der Waals surface area (Å²) in [6.45, 7) is 7.70. The standard InChI is InChI=1S/C16H33N3O2/c1-5-7-9-14-16(20)19(15(17-14)8-6-2)11-10-18(3)12-13-21-4/h14-15,17H,5-13H2,1-4H3. The van der Waals surface area contributed by atoms with Crippen molar-refractivity contribution in [2.45, 2.75) is 58.2 Å². The number of nitrogens with zero attached hydrogens (tertiary/aromatic N) is 2. The lowest BCUT2D eigenvalue weighted by atomic mass is 10.1. The summed E-state index contributed by atoms with van der Waals surface area (Å²) in [6.07, 6.45) is 5.58. The molecule has 21 heavy (non-hydrogen) atoms. The number of rotatable bonds is 11. The Labute approximate surface area is 130 Å². The summed E-state index contributed by atoms with van der Waals surface area (Å²) in [5.74, 6) is 0.294. The number of ether oxygens (including phenoxy) is 1. The highest BCUT2D eigenvalue weighted by Gasteiger charge is 2.37. The summed E-state index contributed by atoms with van der Waals surface area (Å²) in [5, 5.41) is 3.53. The Kier molecular flexibility index (Phi) is 8.88. The normalized spacial score (nSPS) is 22.5. The molecule has 0 aromatic rings. The highest BCUT2D eigenvalue weighted by atomic mass is 16.5. The van der Waals surface area contributed by atoms with Crippen molar-refractivity contribution < 1.29 is 9.53 Å². The zero-order valence-electron chi connectivity index (χ0n) is 14.2. The maximum Gasteiger partial charge on any atom is 0.241 e. The third-order valence-electron chi connectivity index (χ3n) is 4.16. The fourth-order valence-corrected chi connectivity index (χ4v) is 2.78. The Morgan fingerprint density at radius 1 is 1.24 bits per heavy atom. The Hall–Kier alpha value is -0.650. The molecule has 0 radical (unpaired) electrons. The first-order chi connectivity index (χ1) is 10.1. The number of carbonyl (C=O) groups excluding carboxylic acids is 1. The van der Waals surface area contributed by atoms with Gasteiger partial charge in [0.25, 0.3) is 0 Å². The van der Waals surface area contributed by atoms with Crippen LogP contribution in [0.3, 0.4) is 0 Å². The number of hydrogen-bond donors (Lipinski definition) is 1. The first kappa shape index (κ1) is 18.4. The molecular weight excluding hydrogens is 266 g/mol. The van der Waals surface area contributed by atoms with Crippen LogP contribution in [0.2, 0.25) is 0 Å². The van der Waals surface area contributed by atoms with Crippen molar-refractivity contribution in [1.29, 1.82) is 0 Å². The van der Waals surface area contributed by atoms with E-state index in [4.69, 9.17) is 4.74 Å². The van der Waals surface area contributed by atoms with Crippen LogP contribution in [0.1, 0.15) is 46.0 Å². The van der Waals surface area contributed by atoms with Crippen molar-refractivity contribution >= 4 is 5.91 Å². The molecule has 0 saturated carbocycles. The number of carbonyl (C=O) groups is 1. The van der Waals surface area contributed by atoms with Crippen molar-refractivity contribution in [2.75, 3.05) is 40.4 Å². The van der Waals surface area contributed by atoms with Crippen LogP contribution in [-0.4, -0.2) is 68.3 Å². The quantitative estimate of drug-likeness (QED) is 0.630. The first-order valence-corrected chi connectivity index (χ1v) is 8.38. The summed E-state index contributed by atoms with van der Waals surface area (Å²) in [6, 6.07) is 0.0331. The van der Waals surface area contributed by atoms with E-state index in [2.05, 4.69) is 31.1 Å². The van der Waals surface area contributed by atoms with E-state index in [1.54, 1.807) is 7.11 Å². The van der Waals surface area contributed by atoms with Gasteiger partial charge in [-0.05, 0) is 19.9 Å². The second-order valence-corrected chi connectivity index (χ2v) is 5.99. The van der Waals surface area contributed by atoms with Crippen molar-refractivity contribution in [3.63, 3.8) is 0 Å². The Morgan fingerprint density at radius 3 is 2.62 bits per heavy atom. The van der Waals surface area contributed by atoms with E-state index in [1.807, 2.05) is 4.90 Å². The molecule has 1 N–H and O–H groups in total. The summed E-state index contributed by atoms with van der Waals surface area (Å²) in [7, 11) is 3.80. The van der Waals surface area contributed by atoms with Gasteiger partial charge in [0.1, 0.15) is 0 Å².